The number of imidazole rings is 1. The monoisotopic (exact) mass is 246 g/mol. The van der Waals surface area contributed by atoms with Crippen molar-refractivity contribution in [3.8, 4) is 0 Å². The van der Waals surface area contributed by atoms with Crippen molar-refractivity contribution in [1.82, 2.24) is 30.0 Å². The Morgan fingerprint density at radius 1 is 1.44 bits per heavy atom. The molecule has 0 bridgehead atoms. The maximum Gasteiger partial charge on any atom is 0.167 e. The molecule has 0 radical (unpaired) electrons. The van der Waals surface area contributed by atoms with Gasteiger partial charge in [0.2, 0.25) is 0 Å². The summed E-state index contributed by atoms with van der Waals surface area (Å²) in [5, 5.41) is 7.21. The average molecular weight is 246 g/mol. The third kappa shape index (κ3) is 2.15. The Labute approximate surface area is 106 Å². The fourth-order valence-corrected chi connectivity index (χ4v) is 2.56. The minimum atomic E-state index is 0.320. The Balaban J connectivity index is 1.75. The SMILES string of the molecule is Cc1cnc(CN2CCCC2c2n[nH]c(C)n2)[nH]1. The molecule has 96 valence electrons. The van der Waals surface area contributed by atoms with E-state index < -0.39 is 0 Å². The molecule has 0 aliphatic carbocycles. The minimum absolute atomic E-state index is 0.320. The van der Waals surface area contributed by atoms with E-state index in [1.165, 1.54) is 6.42 Å². The third-order valence-corrected chi connectivity index (χ3v) is 3.38. The number of aryl methyl sites for hydroxylation is 2. The van der Waals surface area contributed by atoms with Crippen LogP contribution in [0.1, 0.15) is 42.1 Å². The molecule has 3 rings (SSSR count). The first kappa shape index (κ1) is 11.4. The smallest absolute Gasteiger partial charge is 0.167 e. The number of aromatic amines is 2. The van der Waals surface area contributed by atoms with Gasteiger partial charge in [-0.3, -0.25) is 10.00 Å². The molecular weight excluding hydrogens is 228 g/mol. The first-order valence-electron chi connectivity index (χ1n) is 6.36. The Bertz CT molecular complexity index is 528. The fraction of sp³-hybridized carbons (Fsp3) is 0.583. The van der Waals surface area contributed by atoms with E-state index in [0.717, 1.165) is 42.7 Å². The normalized spacial score (nSPS) is 20.7. The van der Waals surface area contributed by atoms with Gasteiger partial charge in [0, 0.05) is 11.9 Å². The summed E-state index contributed by atoms with van der Waals surface area (Å²) < 4.78 is 0. The number of H-pyrrole nitrogens is 2. The summed E-state index contributed by atoms with van der Waals surface area (Å²) in [7, 11) is 0. The lowest BCUT2D eigenvalue weighted by Crippen LogP contribution is -2.24. The molecule has 0 aromatic carbocycles. The first-order chi connectivity index (χ1) is 8.72. The van der Waals surface area contributed by atoms with Gasteiger partial charge in [-0.15, -0.1) is 0 Å². The van der Waals surface area contributed by atoms with Crippen molar-refractivity contribution < 1.29 is 0 Å². The first-order valence-corrected chi connectivity index (χ1v) is 6.36. The largest absolute Gasteiger partial charge is 0.345 e. The molecule has 3 heterocycles. The molecule has 2 N–H and O–H groups in total. The summed E-state index contributed by atoms with van der Waals surface area (Å²) >= 11 is 0. The predicted octanol–water partition coefficient (Wildman–Crippen LogP) is 1.48. The highest BCUT2D eigenvalue weighted by Crippen LogP contribution is 2.30. The maximum atomic E-state index is 4.45. The van der Waals surface area contributed by atoms with Gasteiger partial charge in [-0.1, -0.05) is 0 Å². The van der Waals surface area contributed by atoms with Crippen LogP contribution in [0.5, 0.6) is 0 Å². The second-order valence-electron chi connectivity index (χ2n) is 4.92. The molecule has 0 amide bonds. The van der Waals surface area contributed by atoms with Crippen LogP contribution in [0.3, 0.4) is 0 Å². The van der Waals surface area contributed by atoms with Crippen molar-refractivity contribution in [2.75, 3.05) is 6.54 Å². The number of aromatic nitrogens is 5. The molecule has 1 atom stereocenters. The van der Waals surface area contributed by atoms with E-state index in [-0.39, 0.29) is 0 Å². The number of hydrogen-bond acceptors (Lipinski definition) is 4. The Morgan fingerprint density at radius 2 is 2.33 bits per heavy atom. The molecule has 6 heteroatoms. The van der Waals surface area contributed by atoms with Crippen LogP contribution in [0.4, 0.5) is 0 Å². The van der Waals surface area contributed by atoms with E-state index >= 15 is 0 Å². The lowest BCUT2D eigenvalue weighted by molar-refractivity contribution is 0.235. The molecule has 2 aromatic heterocycles. The molecule has 0 saturated carbocycles. The number of likely N-dealkylation sites (tertiary alicyclic amines) is 1. The number of nitrogens with one attached hydrogen (secondary N) is 2. The van der Waals surface area contributed by atoms with Crippen molar-refractivity contribution in [3.63, 3.8) is 0 Å². The molecule has 6 nitrogen and oxygen atoms in total. The van der Waals surface area contributed by atoms with Crippen molar-refractivity contribution in [1.29, 1.82) is 0 Å². The van der Waals surface area contributed by atoms with E-state index in [9.17, 15) is 0 Å². The second kappa shape index (κ2) is 4.53. The fourth-order valence-electron chi connectivity index (χ4n) is 2.56. The molecule has 18 heavy (non-hydrogen) atoms. The molecule has 1 aliphatic rings. The summed E-state index contributed by atoms with van der Waals surface area (Å²) in [6.45, 7) is 5.88. The van der Waals surface area contributed by atoms with Gasteiger partial charge in [0.15, 0.2) is 5.82 Å². The minimum Gasteiger partial charge on any atom is -0.345 e. The third-order valence-electron chi connectivity index (χ3n) is 3.38. The molecule has 1 fully saturated rings. The van der Waals surface area contributed by atoms with Gasteiger partial charge in [0.25, 0.3) is 0 Å². The van der Waals surface area contributed by atoms with Gasteiger partial charge in [0.05, 0.1) is 12.6 Å². The summed E-state index contributed by atoms with van der Waals surface area (Å²) in [4.78, 5) is 14.5. The van der Waals surface area contributed by atoms with Crippen molar-refractivity contribution in [2.45, 2.75) is 39.3 Å². The van der Waals surface area contributed by atoms with Crippen LogP contribution < -0.4 is 0 Å². The van der Waals surface area contributed by atoms with Gasteiger partial charge in [-0.2, -0.15) is 5.10 Å². The van der Waals surface area contributed by atoms with Gasteiger partial charge in [-0.25, -0.2) is 9.97 Å². The van der Waals surface area contributed by atoms with E-state index in [1.807, 2.05) is 20.0 Å². The number of hydrogen-bond donors (Lipinski definition) is 2. The van der Waals surface area contributed by atoms with Crippen LogP contribution in [0, 0.1) is 13.8 Å². The van der Waals surface area contributed by atoms with E-state index in [1.54, 1.807) is 0 Å². The van der Waals surface area contributed by atoms with Gasteiger partial charge in [-0.05, 0) is 33.2 Å². The lowest BCUT2D eigenvalue weighted by Gasteiger charge is -2.20. The quantitative estimate of drug-likeness (QED) is 0.860. The standard InChI is InChI=1S/C12H18N6/c1-8-6-13-11(14-8)7-18-5-3-4-10(18)12-15-9(2)16-17-12/h6,10H,3-5,7H2,1-2H3,(H,13,14)(H,15,16,17). The second-order valence-corrected chi connectivity index (χ2v) is 4.92. The summed E-state index contributed by atoms with van der Waals surface area (Å²) in [5.74, 6) is 2.81. The summed E-state index contributed by atoms with van der Waals surface area (Å²) in [6, 6.07) is 0.320. The Kier molecular flexibility index (Phi) is 2.87. The molecule has 0 spiro atoms. The van der Waals surface area contributed by atoms with Crippen LogP contribution >= 0.6 is 0 Å². The lowest BCUT2D eigenvalue weighted by atomic mass is 10.2. The summed E-state index contributed by atoms with van der Waals surface area (Å²) in [5.41, 5.74) is 1.11. The highest BCUT2D eigenvalue weighted by atomic mass is 15.3. The van der Waals surface area contributed by atoms with Crippen LogP contribution in [0.25, 0.3) is 0 Å². The predicted molar refractivity (Wildman–Crippen MR) is 66.8 cm³/mol. The topological polar surface area (TPSA) is 73.5 Å². The van der Waals surface area contributed by atoms with Gasteiger partial charge < -0.3 is 4.98 Å². The molecular formula is C12H18N6. The Morgan fingerprint density at radius 3 is 3.00 bits per heavy atom. The van der Waals surface area contributed by atoms with Gasteiger partial charge >= 0.3 is 0 Å². The van der Waals surface area contributed by atoms with Crippen LogP contribution in [-0.4, -0.2) is 36.6 Å². The zero-order chi connectivity index (χ0) is 12.5. The van der Waals surface area contributed by atoms with Crippen molar-refractivity contribution in [3.05, 3.63) is 29.4 Å². The average Bonchev–Trinajstić information content (AvgIpc) is 3.01. The van der Waals surface area contributed by atoms with Crippen LogP contribution in [0.15, 0.2) is 6.20 Å². The van der Waals surface area contributed by atoms with Crippen LogP contribution in [-0.2, 0) is 6.54 Å². The van der Waals surface area contributed by atoms with Gasteiger partial charge in [0.1, 0.15) is 11.6 Å². The van der Waals surface area contributed by atoms with Crippen LogP contribution in [0.2, 0.25) is 0 Å². The van der Waals surface area contributed by atoms with Crippen molar-refractivity contribution >= 4 is 0 Å². The number of rotatable bonds is 3. The molecule has 1 aliphatic heterocycles. The maximum absolute atomic E-state index is 4.45. The highest BCUT2D eigenvalue weighted by Gasteiger charge is 2.29. The van der Waals surface area contributed by atoms with E-state index in [4.69, 9.17) is 0 Å². The molecule has 2 aromatic rings. The zero-order valence-electron chi connectivity index (χ0n) is 10.8. The molecule has 1 unspecified atom stereocenters. The number of nitrogens with zero attached hydrogens (tertiary/aromatic N) is 4. The molecule has 1 saturated heterocycles. The van der Waals surface area contributed by atoms with Crippen molar-refractivity contribution in [2.24, 2.45) is 0 Å². The van der Waals surface area contributed by atoms with E-state index in [2.05, 4.69) is 30.0 Å². The van der Waals surface area contributed by atoms with E-state index in [0.29, 0.717) is 6.04 Å². The highest BCUT2D eigenvalue weighted by molar-refractivity contribution is 5.03. The zero-order valence-corrected chi connectivity index (χ0v) is 10.8. The Hall–Kier alpha value is -1.69. The summed E-state index contributed by atoms with van der Waals surface area (Å²) in [6.07, 6.45) is 4.19.